The number of carbonyl (C=O) groups is 1. The zero-order valence-corrected chi connectivity index (χ0v) is 17.3. The van der Waals surface area contributed by atoms with Gasteiger partial charge in [0.05, 0.1) is 10.6 Å². The molecule has 0 fully saturated rings. The summed E-state index contributed by atoms with van der Waals surface area (Å²) < 4.78 is 27.4. The van der Waals surface area contributed by atoms with Crippen LogP contribution < -0.4 is 9.62 Å². The molecule has 1 amide bonds. The molecule has 1 N–H and O–H groups in total. The molecule has 3 rings (SSSR count). The number of nitrogens with one attached hydrogen (secondary N) is 1. The van der Waals surface area contributed by atoms with Crippen molar-refractivity contribution in [1.82, 2.24) is 0 Å². The van der Waals surface area contributed by atoms with Crippen LogP contribution >= 0.6 is 0 Å². The molecule has 0 aliphatic carbocycles. The maximum Gasteiger partial charge on any atom is 0.264 e. The van der Waals surface area contributed by atoms with E-state index >= 15 is 0 Å². The first kappa shape index (κ1) is 20.6. The van der Waals surface area contributed by atoms with Crippen LogP contribution in [0.25, 0.3) is 0 Å². The van der Waals surface area contributed by atoms with Crippen LogP contribution in [0, 0.1) is 0 Å². The third kappa shape index (κ3) is 4.49. The largest absolute Gasteiger partial charge is 0.322 e. The highest BCUT2D eigenvalue weighted by molar-refractivity contribution is 7.92. The lowest BCUT2D eigenvalue weighted by Gasteiger charge is -2.23. The quantitative estimate of drug-likeness (QED) is 0.615. The van der Waals surface area contributed by atoms with Gasteiger partial charge < -0.3 is 5.32 Å². The van der Waals surface area contributed by atoms with Crippen LogP contribution in [-0.2, 0) is 16.4 Å². The maximum atomic E-state index is 13.0. The molecule has 0 saturated heterocycles. The molecule has 0 aliphatic heterocycles. The van der Waals surface area contributed by atoms with Crippen molar-refractivity contribution in [3.63, 3.8) is 0 Å². The van der Waals surface area contributed by atoms with E-state index in [0.29, 0.717) is 17.8 Å². The molecule has 29 heavy (non-hydrogen) atoms. The molecular weight excluding hydrogens is 384 g/mol. The van der Waals surface area contributed by atoms with Crippen molar-refractivity contribution >= 4 is 27.3 Å². The van der Waals surface area contributed by atoms with Gasteiger partial charge in [-0.25, -0.2) is 8.42 Å². The molecule has 3 aromatic rings. The highest BCUT2D eigenvalue weighted by Crippen LogP contribution is 2.24. The number of para-hydroxylation sites is 2. The van der Waals surface area contributed by atoms with Crippen LogP contribution in [0.2, 0.25) is 0 Å². The monoisotopic (exact) mass is 408 g/mol. The molecule has 0 atom stereocenters. The molecule has 150 valence electrons. The highest BCUT2D eigenvalue weighted by atomic mass is 32.2. The fourth-order valence-corrected chi connectivity index (χ4v) is 4.61. The number of anilines is 2. The summed E-state index contributed by atoms with van der Waals surface area (Å²) in [4.78, 5) is 12.7. The number of amides is 1. The summed E-state index contributed by atoms with van der Waals surface area (Å²) in [5, 5.41) is 2.90. The van der Waals surface area contributed by atoms with Gasteiger partial charge in [-0.05, 0) is 61.4 Å². The van der Waals surface area contributed by atoms with Crippen molar-refractivity contribution in [2.24, 2.45) is 0 Å². The Labute approximate surface area is 172 Å². The molecule has 0 radical (unpaired) electrons. The van der Waals surface area contributed by atoms with E-state index in [1.807, 2.05) is 37.3 Å². The number of nitrogens with zero attached hydrogens (tertiary/aromatic N) is 1. The minimum Gasteiger partial charge on any atom is -0.322 e. The fraction of sp³-hybridized carbons (Fsp3) is 0.174. The van der Waals surface area contributed by atoms with Crippen molar-refractivity contribution in [2.45, 2.75) is 25.2 Å². The van der Waals surface area contributed by atoms with Crippen molar-refractivity contribution in [3.8, 4) is 0 Å². The van der Waals surface area contributed by atoms with E-state index in [4.69, 9.17) is 0 Å². The number of rotatable bonds is 7. The molecule has 0 aliphatic rings. The minimum absolute atomic E-state index is 0.147. The second kappa shape index (κ2) is 8.92. The van der Waals surface area contributed by atoms with Gasteiger partial charge in [0, 0.05) is 17.8 Å². The molecule has 0 spiro atoms. The van der Waals surface area contributed by atoms with E-state index in [9.17, 15) is 13.2 Å². The third-order valence-corrected chi connectivity index (χ3v) is 6.60. The zero-order valence-electron chi connectivity index (χ0n) is 16.5. The van der Waals surface area contributed by atoms with E-state index < -0.39 is 10.0 Å². The first-order valence-corrected chi connectivity index (χ1v) is 11.0. The molecule has 6 heteroatoms. The van der Waals surface area contributed by atoms with E-state index in [2.05, 4.69) is 5.32 Å². The summed E-state index contributed by atoms with van der Waals surface area (Å²) in [6.07, 6.45) is 0.806. The van der Waals surface area contributed by atoms with Gasteiger partial charge in [0.25, 0.3) is 15.9 Å². The van der Waals surface area contributed by atoms with Gasteiger partial charge in [-0.1, -0.05) is 43.3 Å². The van der Waals surface area contributed by atoms with Crippen LogP contribution in [0.5, 0.6) is 0 Å². The molecule has 0 bridgehead atoms. The Morgan fingerprint density at radius 1 is 0.862 bits per heavy atom. The maximum absolute atomic E-state index is 13.0. The summed E-state index contributed by atoms with van der Waals surface area (Å²) in [7, 11) is -3.71. The molecule has 0 unspecified atom stereocenters. The smallest absolute Gasteiger partial charge is 0.264 e. The standard InChI is InChI=1S/C23H24N2O3S/c1-3-18-10-8-9-13-22(18)24-23(26)19-14-16-21(17-15-19)29(27,28)25(4-2)20-11-6-5-7-12-20/h5-17H,3-4H2,1-2H3,(H,24,26). The van der Waals surface area contributed by atoms with Crippen LogP contribution in [0.1, 0.15) is 29.8 Å². The minimum atomic E-state index is -3.71. The first-order valence-electron chi connectivity index (χ1n) is 9.54. The van der Waals surface area contributed by atoms with E-state index in [-0.39, 0.29) is 10.8 Å². The molecule has 0 heterocycles. The number of benzene rings is 3. The van der Waals surface area contributed by atoms with E-state index in [1.54, 1.807) is 31.2 Å². The van der Waals surface area contributed by atoms with Crippen molar-refractivity contribution in [1.29, 1.82) is 0 Å². The predicted octanol–water partition coefficient (Wildman–Crippen LogP) is 4.72. The summed E-state index contributed by atoms with van der Waals surface area (Å²) >= 11 is 0. The SMILES string of the molecule is CCc1ccccc1NC(=O)c1ccc(S(=O)(=O)N(CC)c2ccccc2)cc1. The molecule has 5 nitrogen and oxygen atoms in total. The van der Waals surface area contributed by atoms with Crippen molar-refractivity contribution < 1.29 is 13.2 Å². The lowest BCUT2D eigenvalue weighted by Crippen LogP contribution is -2.30. The van der Waals surface area contributed by atoms with Crippen LogP contribution in [-0.4, -0.2) is 20.9 Å². The van der Waals surface area contributed by atoms with Crippen LogP contribution in [0.15, 0.2) is 83.8 Å². The normalized spacial score (nSPS) is 11.1. The Morgan fingerprint density at radius 3 is 2.10 bits per heavy atom. The van der Waals surface area contributed by atoms with Crippen LogP contribution in [0.4, 0.5) is 11.4 Å². The predicted molar refractivity (Wildman–Crippen MR) is 117 cm³/mol. The Morgan fingerprint density at radius 2 is 1.48 bits per heavy atom. The zero-order chi connectivity index (χ0) is 20.9. The number of aryl methyl sites for hydroxylation is 1. The fourth-order valence-electron chi connectivity index (χ4n) is 3.14. The van der Waals surface area contributed by atoms with Crippen molar-refractivity contribution in [3.05, 3.63) is 90.0 Å². The Bertz CT molecular complexity index is 1080. The van der Waals surface area contributed by atoms with E-state index in [0.717, 1.165) is 17.7 Å². The van der Waals surface area contributed by atoms with E-state index in [1.165, 1.54) is 28.6 Å². The highest BCUT2D eigenvalue weighted by Gasteiger charge is 2.23. The molecule has 0 saturated carbocycles. The summed E-state index contributed by atoms with van der Waals surface area (Å²) in [5.41, 5.74) is 2.81. The third-order valence-electron chi connectivity index (χ3n) is 4.68. The van der Waals surface area contributed by atoms with Gasteiger partial charge in [0.1, 0.15) is 0 Å². The second-order valence-electron chi connectivity index (χ2n) is 6.49. The lowest BCUT2D eigenvalue weighted by molar-refractivity contribution is 0.102. The second-order valence-corrected chi connectivity index (χ2v) is 8.36. The first-order chi connectivity index (χ1) is 14.0. The summed E-state index contributed by atoms with van der Waals surface area (Å²) in [6.45, 7) is 4.12. The molecule has 0 aromatic heterocycles. The number of hydrogen-bond acceptors (Lipinski definition) is 3. The van der Waals surface area contributed by atoms with Gasteiger partial charge >= 0.3 is 0 Å². The molecular formula is C23H24N2O3S. The van der Waals surface area contributed by atoms with Crippen molar-refractivity contribution in [2.75, 3.05) is 16.2 Å². The topological polar surface area (TPSA) is 66.5 Å². The summed E-state index contributed by atoms with van der Waals surface area (Å²) in [5.74, 6) is -0.273. The van der Waals surface area contributed by atoms with Gasteiger partial charge in [0.15, 0.2) is 0 Å². The Kier molecular flexibility index (Phi) is 6.34. The average Bonchev–Trinajstić information content (AvgIpc) is 2.75. The van der Waals surface area contributed by atoms with Gasteiger partial charge in [-0.15, -0.1) is 0 Å². The lowest BCUT2D eigenvalue weighted by atomic mass is 10.1. The number of hydrogen-bond donors (Lipinski definition) is 1. The van der Waals surface area contributed by atoms with Gasteiger partial charge in [0.2, 0.25) is 0 Å². The number of sulfonamides is 1. The van der Waals surface area contributed by atoms with Crippen LogP contribution in [0.3, 0.4) is 0 Å². The summed E-state index contributed by atoms with van der Waals surface area (Å²) in [6, 6.07) is 22.6. The molecule has 3 aromatic carbocycles. The Hall–Kier alpha value is -3.12. The average molecular weight is 409 g/mol. The number of carbonyl (C=O) groups excluding carboxylic acids is 1. The van der Waals surface area contributed by atoms with Gasteiger partial charge in [-0.3, -0.25) is 9.10 Å². The van der Waals surface area contributed by atoms with Gasteiger partial charge in [-0.2, -0.15) is 0 Å². The Balaban J connectivity index is 1.83.